The molecule has 5 atom stereocenters. The topological polar surface area (TPSA) is 201 Å². The van der Waals surface area contributed by atoms with Crippen LogP contribution in [0.25, 0.3) is 22.1 Å². The smallest absolute Gasteiger partial charge is 0.321 e. The summed E-state index contributed by atoms with van der Waals surface area (Å²) in [5, 5.41) is 2.53. The van der Waals surface area contributed by atoms with Crippen LogP contribution in [0.2, 0.25) is 0 Å². The van der Waals surface area contributed by atoms with Crippen molar-refractivity contribution in [2.45, 2.75) is 90.4 Å². The highest BCUT2D eigenvalue weighted by Gasteiger charge is 2.45. The van der Waals surface area contributed by atoms with Gasteiger partial charge in [-0.25, -0.2) is 0 Å². The van der Waals surface area contributed by atoms with Gasteiger partial charge < -0.3 is 20.0 Å². The summed E-state index contributed by atoms with van der Waals surface area (Å²) in [4.78, 5) is 70.5. The van der Waals surface area contributed by atoms with Crippen LogP contribution in [-0.2, 0) is 24.4 Å². The molecule has 1 amide bonds. The Kier molecular flexibility index (Phi) is 9.53. The minimum absolute atomic E-state index is 0.0172. The fraction of sp³-hybridized carbons (Fsp3) is 0.459. The summed E-state index contributed by atoms with van der Waals surface area (Å²) in [6.07, 6.45) is 1.05. The van der Waals surface area contributed by atoms with Crippen molar-refractivity contribution in [1.82, 2.24) is 25.3 Å². The lowest BCUT2D eigenvalue weighted by Gasteiger charge is -2.19. The molecule has 8 bridgehead atoms. The van der Waals surface area contributed by atoms with Gasteiger partial charge in [0.05, 0.1) is 29.6 Å². The zero-order valence-corrected chi connectivity index (χ0v) is 30.6. The summed E-state index contributed by atoms with van der Waals surface area (Å²) < 4.78 is 36.6. The number of fused-ring (bicyclic) bond motifs is 8. The van der Waals surface area contributed by atoms with Gasteiger partial charge in [0.1, 0.15) is 5.92 Å². The molecule has 3 aliphatic rings. The first-order chi connectivity index (χ1) is 24.1. The van der Waals surface area contributed by atoms with Crippen molar-refractivity contribution in [2.75, 3.05) is 19.4 Å². The molecule has 0 aromatic carbocycles. The number of carbonyl (C=O) groups excluding carboxylic acids is 4. The molecule has 3 aromatic heterocycles. The quantitative estimate of drug-likeness (QED) is 0.0940. The Morgan fingerprint density at radius 2 is 1.57 bits per heavy atom. The monoisotopic (exact) mass is 717 g/mol. The largest absolute Gasteiger partial charge is 0.468 e. The third kappa shape index (κ3) is 6.39. The van der Waals surface area contributed by atoms with Gasteiger partial charge in [0.15, 0.2) is 11.6 Å². The van der Waals surface area contributed by atoms with Crippen LogP contribution in [0.15, 0.2) is 18.2 Å². The summed E-state index contributed by atoms with van der Waals surface area (Å²) in [5.74, 6) is -4.14. The van der Waals surface area contributed by atoms with E-state index in [1.54, 1.807) is 0 Å². The number of ketones is 2. The highest BCUT2D eigenvalue weighted by Crippen LogP contribution is 2.48. The zero-order valence-electron chi connectivity index (χ0n) is 29.8. The third-order valence-corrected chi connectivity index (χ3v) is 11.5. The second-order valence-corrected chi connectivity index (χ2v) is 15.4. The van der Waals surface area contributed by atoms with Gasteiger partial charge >= 0.3 is 5.97 Å². The van der Waals surface area contributed by atoms with E-state index in [4.69, 9.17) is 19.3 Å². The summed E-state index contributed by atoms with van der Waals surface area (Å²) >= 11 is 0. The SMILES string of the molecule is CC[C@H]1c2cc3[nH]c4c(c3C)C(=O)[C@H](C(=O)OC)c4c3nc(cc4[nH]c(cc(n2)[C@@H]1C)c(C(C)=O)c4C)[C@@H](C)[C@@H]3CCC(=O)NCCS(=O)(=O)O. The molecular weight excluding hydrogens is 675 g/mol. The number of nitrogens with one attached hydrogen (secondary N) is 3. The maximum Gasteiger partial charge on any atom is 0.321 e. The van der Waals surface area contributed by atoms with Gasteiger partial charge in [-0.2, -0.15) is 8.42 Å². The van der Waals surface area contributed by atoms with E-state index >= 15 is 0 Å². The van der Waals surface area contributed by atoms with Crippen molar-refractivity contribution in [2.24, 2.45) is 0 Å². The van der Waals surface area contributed by atoms with E-state index in [9.17, 15) is 27.6 Å². The summed E-state index contributed by atoms with van der Waals surface area (Å²) in [5.41, 5.74) is 8.01. The van der Waals surface area contributed by atoms with Crippen molar-refractivity contribution >= 4 is 55.6 Å². The van der Waals surface area contributed by atoms with Crippen LogP contribution < -0.4 is 5.32 Å². The van der Waals surface area contributed by atoms with E-state index in [2.05, 4.69) is 29.1 Å². The van der Waals surface area contributed by atoms with E-state index in [0.29, 0.717) is 55.7 Å². The third-order valence-electron chi connectivity index (χ3n) is 10.8. The average Bonchev–Trinajstić information content (AvgIpc) is 3.80. The number of hydrogen-bond donors (Lipinski definition) is 4. The molecule has 3 aromatic rings. The molecule has 13 nitrogen and oxygen atoms in total. The van der Waals surface area contributed by atoms with Gasteiger partial charge in [0, 0.05) is 81.4 Å². The first kappa shape index (κ1) is 36.1. The number of rotatable bonds is 9. The standard InChI is InChI=1S/C37H43N5O8S/c1-8-21-16(2)23-15-28-30(20(6)43)18(4)25(40-28)13-24-17(3)22(9-10-29(44)38-11-12-51(47,48)49)34(41-24)32-33(37(46)50-7)36(45)31-19(5)26(42-35(31)32)14-27(21)39-23/h13-17,21-22,33,40,42H,8-12H2,1-7H3,(H,38,44)(H,47,48,49)/t16-,17+,21-,22+,33-/m1/s1. The molecule has 14 heteroatoms. The molecule has 0 saturated heterocycles. The number of Topliss-reactive ketones (excluding diaryl/α,β-unsaturated/α-hetero) is 2. The summed E-state index contributed by atoms with van der Waals surface area (Å²) in [6, 6.07) is 5.78. The van der Waals surface area contributed by atoms with Crippen LogP contribution in [0.5, 0.6) is 0 Å². The number of H-pyrrole nitrogens is 2. The molecule has 4 N–H and O–H groups in total. The van der Waals surface area contributed by atoms with Gasteiger partial charge in [0.25, 0.3) is 10.1 Å². The van der Waals surface area contributed by atoms with Gasteiger partial charge in [-0.05, 0) is 62.9 Å². The number of esters is 1. The van der Waals surface area contributed by atoms with Crippen LogP contribution in [0.1, 0.15) is 137 Å². The highest BCUT2D eigenvalue weighted by atomic mass is 32.2. The number of aryl methyl sites for hydroxylation is 2. The van der Waals surface area contributed by atoms with Gasteiger partial charge in [-0.15, -0.1) is 0 Å². The number of nitrogens with zero attached hydrogens (tertiary/aromatic N) is 2. The molecule has 6 rings (SSSR count). The molecule has 0 radical (unpaired) electrons. The molecule has 0 fully saturated rings. The van der Waals surface area contributed by atoms with Crippen LogP contribution in [0, 0.1) is 13.8 Å². The van der Waals surface area contributed by atoms with Crippen molar-refractivity contribution in [3.05, 3.63) is 68.8 Å². The van der Waals surface area contributed by atoms with Crippen molar-refractivity contribution < 1.29 is 36.9 Å². The Labute approximate surface area is 295 Å². The number of amides is 1. The normalized spacial score (nSPS) is 21.2. The first-order valence-corrected chi connectivity index (χ1v) is 18.8. The number of aromatic amines is 2. The lowest BCUT2D eigenvalue weighted by Crippen LogP contribution is -2.29. The van der Waals surface area contributed by atoms with Crippen molar-refractivity contribution in [3.63, 3.8) is 0 Å². The summed E-state index contributed by atoms with van der Waals surface area (Å²) in [6.45, 7) is 11.2. The summed E-state index contributed by atoms with van der Waals surface area (Å²) in [7, 11) is -3.02. The molecule has 51 heavy (non-hydrogen) atoms. The van der Waals surface area contributed by atoms with Crippen LogP contribution in [0.3, 0.4) is 0 Å². The number of methoxy groups -OCH3 is 1. The molecule has 2 aliphatic heterocycles. The molecule has 270 valence electrons. The molecule has 0 unspecified atom stereocenters. The van der Waals surface area contributed by atoms with Crippen molar-refractivity contribution in [1.29, 1.82) is 0 Å². The van der Waals surface area contributed by atoms with Crippen LogP contribution >= 0.6 is 0 Å². The number of carbonyl (C=O) groups is 4. The van der Waals surface area contributed by atoms with E-state index in [1.165, 1.54) is 14.0 Å². The molecule has 0 spiro atoms. The number of ether oxygens (including phenoxy) is 1. The minimum atomic E-state index is -4.25. The molecule has 5 heterocycles. The second-order valence-electron chi connectivity index (χ2n) is 13.8. The van der Waals surface area contributed by atoms with E-state index < -0.39 is 45.4 Å². The Morgan fingerprint density at radius 3 is 2.22 bits per heavy atom. The predicted molar refractivity (Wildman–Crippen MR) is 191 cm³/mol. The Bertz CT molecular complexity index is 2270. The Balaban J connectivity index is 1.65. The van der Waals surface area contributed by atoms with Gasteiger partial charge in [-0.1, -0.05) is 20.8 Å². The predicted octanol–water partition coefficient (Wildman–Crippen LogP) is 5.56. The lowest BCUT2D eigenvalue weighted by molar-refractivity contribution is -0.141. The van der Waals surface area contributed by atoms with E-state index in [1.807, 2.05) is 39.0 Å². The fourth-order valence-corrected chi connectivity index (χ4v) is 8.39. The van der Waals surface area contributed by atoms with E-state index in [0.717, 1.165) is 23.4 Å². The van der Waals surface area contributed by atoms with Crippen molar-refractivity contribution in [3.8, 4) is 0 Å². The Morgan fingerprint density at radius 1 is 0.941 bits per heavy atom. The second kappa shape index (κ2) is 13.5. The maximum atomic E-state index is 14.2. The lowest BCUT2D eigenvalue weighted by atomic mass is 9.84. The van der Waals surface area contributed by atoms with Gasteiger partial charge in [-0.3, -0.25) is 33.7 Å². The average molecular weight is 718 g/mol. The van der Waals surface area contributed by atoms with Crippen LogP contribution in [-0.4, -0.2) is 75.8 Å². The zero-order chi connectivity index (χ0) is 37.1. The van der Waals surface area contributed by atoms with E-state index in [-0.39, 0.29) is 42.9 Å². The Hall–Kier alpha value is -4.69. The maximum absolute atomic E-state index is 14.2. The number of hydrogen-bond acceptors (Lipinski definition) is 9. The molecular formula is C37H43N5O8S. The van der Waals surface area contributed by atoms with Crippen LogP contribution in [0.4, 0.5) is 0 Å². The van der Waals surface area contributed by atoms with Gasteiger partial charge in [0.2, 0.25) is 5.91 Å². The number of aromatic nitrogens is 4. The first-order valence-electron chi connectivity index (χ1n) is 17.2. The fourth-order valence-electron chi connectivity index (χ4n) is 8.03. The minimum Gasteiger partial charge on any atom is -0.468 e. The molecule has 1 aliphatic carbocycles. The molecule has 0 saturated carbocycles. The highest BCUT2D eigenvalue weighted by molar-refractivity contribution is 7.85.